The highest BCUT2D eigenvalue weighted by Crippen LogP contribution is 2.42. The second-order valence-electron chi connectivity index (χ2n) is 6.78. The number of hydrogen-bond donors (Lipinski definition) is 1. The third-order valence-corrected chi connectivity index (χ3v) is 5.27. The first kappa shape index (κ1) is 18.0. The molecule has 2 bridgehead atoms. The smallest absolute Gasteiger partial charge is 0.312 e. The summed E-state index contributed by atoms with van der Waals surface area (Å²) in [6.45, 7) is 1.69. The zero-order valence-corrected chi connectivity index (χ0v) is 15.1. The Labute approximate surface area is 159 Å². The summed E-state index contributed by atoms with van der Waals surface area (Å²) in [6.07, 6.45) is 0. The Kier molecular flexibility index (Phi) is 4.27. The van der Waals surface area contributed by atoms with Crippen LogP contribution in [0.1, 0.15) is 16.7 Å². The molecule has 0 spiro atoms. The number of aliphatic hydroxyl groups excluding tert-OH is 1. The summed E-state index contributed by atoms with van der Waals surface area (Å²) in [4.78, 5) is 25.9. The van der Waals surface area contributed by atoms with Crippen LogP contribution in [0, 0.1) is 20.2 Å². The van der Waals surface area contributed by atoms with E-state index < -0.39 is 16.5 Å². The van der Waals surface area contributed by atoms with E-state index >= 15 is 0 Å². The summed E-state index contributed by atoms with van der Waals surface area (Å²) in [7, 11) is 1.39. The lowest BCUT2D eigenvalue weighted by molar-refractivity contribution is -0.385. The molecule has 1 N–H and O–H groups in total. The van der Waals surface area contributed by atoms with Gasteiger partial charge < -0.3 is 19.6 Å². The fraction of sp³-hybridized carbons (Fsp3) is 0.333. The van der Waals surface area contributed by atoms with E-state index in [-0.39, 0.29) is 22.7 Å². The number of nitro benzene ring substituents is 2. The molecule has 10 nitrogen and oxygen atoms in total. The quantitative estimate of drug-likeness (QED) is 0.627. The molecule has 0 radical (unpaired) electrons. The van der Waals surface area contributed by atoms with Crippen molar-refractivity contribution >= 4 is 22.7 Å². The standard InChI is InChI=1S/C18H18N4O6/c1-28-18-5-12-9-20-3-2-19(15(12)7-17(18)22(26)27)8-11-4-13(10-23)16(21(24)25)6-14(11)20/h4-7,23H,2-3,8-10H2,1H3. The Morgan fingerprint density at radius 1 is 0.964 bits per heavy atom. The van der Waals surface area contributed by atoms with Crippen LogP contribution in [0.25, 0.3) is 0 Å². The van der Waals surface area contributed by atoms with Crippen LogP contribution < -0.4 is 14.5 Å². The molecular formula is C18H18N4O6. The van der Waals surface area contributed by atoms with Crippen LogP contribution in [0.15, 0.2) is 24.3 Å². The maximum Gasteiger partial charge on any atom is 0.312 e. The van der Waals surface area contributed by atoms with E-state index in [1.165, 1.54) is 19.2 Å². The number of rotatable bonds is 4. The fourth-order valence-electron chi connectivity index (χ4n) is 3.94. The molecule has 0 saturated carbocycles. The van der Waals surface area contributed by atoms with Gasteiger partial charge in [-0.3, -0.25) is 20.2 Å². The molecule has 2 aromatic carbocycles. The minimum absolute atomic E-state index is 0.0970. The highest BCUT2D eigenvalue weighted by Gasteiger charge is 2.31. The highest BCUT2D eigenvalue weighted by molar-refractivity contribution is 5.71. The molecule has 4 rings (SSSR count). The number of methoxy groups -OCH3 is 1. The number of ether oxygens (including phenoxy) is 1. The maximum atomic E-state index is 11.4. The van der Waals surface area contributed by atoms with Crippen LogP contribution in [0.5, 0.6) is 5.75 Å². The lowest BCUT2D eigenvalue weighted by Crippen LogP contribution is -2.26. The predicted molar refractivity (Wildman–Crippen MR) is 101 cm³/mol. The number of benzene rings is 2. The van der Waals surface area contributed by atoms with E-state index in [4.69, 9.17) is 4.74 Å². The Balaban J connectivity index is 1.86. The molecule has 0 aromatic heterocycles. The van der Waals surface area contributed by atoms with Crippen molar-refractivity contribution in [3.63, 3.8) is 0 Å². The van der Waals surface area contributed by atoms with Gasteiger partial charge in [-0.2, -0.15) is 0 Å². The van der Waals surface area contributed by atoms with Gasteiger partial charge in [0.25, 0.3) is 5.69 Å². The van der Waals surface area contributed by atoms with Crippen LogP contribution >= 0.6 is 0 Å². The number of nitrogens with zero attached hydrogens (tertiary/aromatic N) is 4. The molecule has 10 heteroatoms. The molecular weight excluding hydrogens is 368 g/mol. The second kappa shape index (κ2) is 6.64. The van der Waals surface area contributed by atoms with Gasteiger partial charge in [0.1, 0.15) is 0 Å². The predicted octanol–water partition coefficient (Wildman–Crippen LogP) is 2.34. The fourth-order valence-corrected chi connectivity index (χ4v) is 3.94. The van der Waals surface area contributed by atoms with Crippen molar-refractivity contribution in [2.75, 3.05) is 30.0 Å². The van der Waals surface area contributed by atoms with Gasteiger partial charge in [-0.15, -0.1) is 0 Å². The van der Waals surface area contributed by atoms with Gasteiger partial charge in [-0.1, -0.05) is 0 Å². The third-order valence-electron chi connectivity index (χ3n) is 5.27. The summed E-state index contributed by atoms with van der Waals surface area (Å²) >= 11 is 0. The van der Waals surface area contributed by atoms with Gasteiger partial charge in [0, 0.05) is 49.7 Å². The van der Waals surface area contributed by atoms with Gasteiger partial charge in [-0.05, 0) is 23.3 Å². The van der Waals surface area contributed by atoms with Gasteiger partial charge in [0.2, 0.25) is 0 Å². The van der Waals surface area contributed by atoms with Gasteiger partial charge >= 0.3 is 5.69 Å². The molecule has 0 amide bonds. The average Bonchev–Trinajstić information content (AvgIpc) is 2.95. The molecule has 0 unspecified atom stereocenters. The summed E-state index contributed by atoms with van der Waals surface area (Å²) in [5.41, 5.74) is 3.25. The number of anilines is 2. The van der Waals surface area contributed by atoms with Crippen molar-refractivity contribution in [2.24, 2.45) is 0 Å². The van der Waals surface area contributed by atoms with E-state index in [1.54, 1.807) is 12.1 Å². The lowest BCUT2D eigenvalue weighted by Gasteiger charge is -2.28. The Hall–Kier alpha value is -3.40. The van der Waals surface area contributed by atoms with Crippen molar-refractivity contribution in [1.82, 2.24) is 0 Å². The molecule has 0 aliphatic carbocycles. The summed E-state index contributed by atoms with van der Waals surface area (Å²) in [6, 6.07) is 6.36. The van der Waals surface area contributed by atoms with Gasteiger partial charge in [0.15, 0.2) is 5.75 Å². The first-order chi connectivity index (χ1) is 13.4. The first-order valence-electron chi connectivity index (χ1n) is 8.69. The van der Waals surface area contributed by atoms with Crippen LogP contribution in [-0.2, 0) is 19.7 Å². The van der Waals surface area contributed by atoms with Crippen molar-refractivity contribution in [2.45, 2.75) is 19.7 Å². The Bertz CT molecular complexity index is 913. The minimum Gasteiger partial charge on any atom is -0.490 e. The Morgan fingerprint density at radius 2 is 1.50 bits per heavy atom. The largest absolute Gasteiger partial charge is 0.490 e. The van der Waals surface area contributed by atoms with Crippen molar-refractivity contribution in [1.29, 1.82) is 0 Å². The van der Waals surface area contributed by atoms with Crippen molar-refractivity contribution < 1.29 is 19.7 Å². The zero-order valence-electron chi connectivity index (χ0n) is 15.1. The summed E-state index contributed by atoms with van der Waals surface area (Å²) in [5.74, 6) is 0.188. The molecule has 2 heterocycles. The maximum absolute atomic E-state index is 11.4. The van der Waals surface area contributed by atoms with Crippen molar-refractivity contribution in [3.05, 3.63) is 61.2 Å². The second-order valence-corrected chi connectivity index (χ2v) is 6.78. The van der Waals surface area contributed by atoms with E-state index in [0.29, 0.717) is 26.2 Å². The zero-order chi connectivity index (χ0) is 20.0. The normalized spacial score (nSPS) is 14.8. The highest BCUT2D eigenvalue weighted by atomic mass is 16.6. The summed E-state index contributed by atoms with van der Waals surface area (Å²) in [5, 5.41) is 32.3. The van der Waals surface area contributed by atoms with Gasteiger partial charge in [-0.25, -0.2) is 0 Å². The molecule has 2 aliphatic heterocycles. The number of aliphatic hydroxyl groups is 1. The van der Waals surface area contributed by atoms with E-state index in [0.717, 1.165) is 22.5 Å². The SMILES string of the molecule is COc1cc2c(cc1[N+](=O)[O-])N1CCN(C2)c2cc([N+](=O)[O-])c(CO)cc2C1. The minimum atomic E-state index is -0.487. The summed E-state index contributed by atoms with van der Waals surface area (Å²) < 4.78 is 5.19. The number of fused-ring (bicyclic) bond motifs is 7. The van der Waals surface area contributed by atoms with E-state index in [2.05, 4.69) is 0 Å². The molecule has 0 saturated heterocycles. The number of nitro groups is 2. The van der Waals surface area contributed by atoms with Gasteiger partial charge in [0.05, 0.1) is 29.1 Å². The van der Waals surface area contributed by atoms with E-state index in [1.807, 2.05) is 9.80 Å². The molecule has 0 atom stereocenters. The van der Waals surface area contributed by atoms with Crippen molar-refractivity contribution in [3.8, 4) is 5.75 Å². The Morgan fingerprint density at radius 3 is 2.00 bits per heavy atom. The van der Waals surface area contributed by atoms with Crippen LogP contribution in [0.2, 0.25) is 0 Å². The van der Waals surface area contributed by atoms with Crippen LogP contribution in [-0.4, -0.2) is 35.2 Å². The van der Waals surface area contributed by atoms with E-state index in [9.17, 15) is 25.3 Å². The average molecular weight is 386 g/mol. The molecule has 146 valence electrons. The molecule has 2 aromatic rings. The van der Waals surface area contributed by atoms with Crippen LogP contribution in [0.3, 0.4) is 0 Å². The first-order valence-corrected chi connectivity index (χ1v) is 8.69. The lowest BCUT2D eigenvalue weighted by atomic mass is 10.0. The monoisotopic (exact) mass is 386 g/mol. The number of hydrogen-bond acceptors (Lipinski definition) is 8. The van der Waals surface area contributed by atoms with Crippen LogP contribution in [0.4, 0.5) is 22.7 Å². The topological polar surface area (TPSA) is 122 Å². The molecule has 28 heavy (non-hydrogen) atoms. The third kappa shape index (κ3) is 2.78. The molecule has 2 aliphatic rings. The molecule has 0 fully saturated rings.